The molecule has 3 rings (SSSR count). The number of nitrogens with zero attached hydrogens (tertiary/aromatic N) is 1. The first kappa shape index (κ1) is 16.7. The third kappa shape index (κ3) is 3.37. The maximum atomic E-state index is 12.6. The van der Waals surface area contributed by atoms with Crippen LogP contribution in [0.3, 0.4) is 0 Å². The Bertz CT molecular complexity index is 683. The van der Waals surface area contributed by atoms with E-state index in [0.29, 0.717) is 28.9 Å². The molecule has 128 valence electrons. The molecule has 0 saturated carbocycles. The fraction of sp³-hybridized carbons (Fsp3) is 0.412. The van der Waals surface area contributed by atoms with E-state index in [1.54, 1.807) is 31.3 Å². The third-order valence-electron chi connectivity index (χ3n) is 4.09. The highest BCUT2D eigenvalue weighted by Gasteiger charge is 2.33. The molecule has 2 saturated heterocycles. The Hall–Kier alpha value is -2.12. The van der Waals surface area contributed by atoms with E-state index in [2.05, 4.69) is 5.32 Å². The van der Waals surface area contributed by atoms with Gasteiger partial charge in [-0.3, -0.25) is 9.69 Å². The van der Waals surface area contributed by atoms with Gasteiger partial charge in [-0.1, -0.05) is 6.07 Å². The predicted octanol–water partition coefficient (Wildman–Crippen LogP) is 1.94. The molecule has 1 aromatic rings. The molecular weight excluding hydrogens is 328 g/mol. The number of hydrogen-bond acceptors (Lipinski definition) is 5. The van der Waals surface area contributed by atoms with Crippen molar-refractivity contribution in [2.45, 2.75) is 18.9 Å². The summed E-state index contributed by atoms with van der Waals surface area (Å²) in [5.74, 6) is 1.11. The summed E-state index contributed by atoms with van der Waals surface area (Å²) in [7, 11) is 3.16. The maximum Gasteiger partial charge on any atom is 0.276 e. The van der Waals surface area contributed by atoms with Crippen LogP contribution in [0.4, 0.5) is 0 Å². The molecule has 24 heavy (non-hydrogen) atoms. The fourth-order valence-electron chi connectivity index (χ4n) is 2.84. The molecule has 1 aromatic carbocycles. The monoisotopic (exact) mass is 348 g/mol. The summed E-state index contributed by atoms with van der Waals surface area (Å²) in [5, 5.41) is 3.40. The van der Waals surface area contributed by atoms with Crippen LogP contribution in [0.1, 0.15) is 18.4 Å². The quantitative estimate of drug-likeness (QED) is 0.648. The topological polar surface area (TPSA) is 60.0 Å². The first-order valence-electron chi connectivity index (χ1n) is 7.80. The van der Waals surface area contributed by atoms with Gasteiger partial charge in [0.2, 0.25) is 0 Å². The minimum atomic E-state index is -0.134. The standard InChI is InChI=1S/C17H20N2O4S/c1-21-14-6-5-11(9-15(14)22-2)8-13-16(20)19(17(24)18-13)10-12-4-3-7-23-12/h5-6,8-9,12H,3-4,7,10H2,1-2H3,(H,18,24)/b13-8+. The molecule has 0 aliphatic carbocycles. The second-order valence-corrected chi connectivity index (χ2v) is 6.04. The van der Waals surface area contributed by atoms with Gasteiger partial charge in [-0.15, -0.1) is 0 Å². The number of carbonyl (C=O) groups excluding carboxylic acids is 1. The Kier molecular flexibility index (Phi) is 5.01. The number of carbonyl (C=O) groups is 1. The van der Waals surface area contributed by atoms with Gasteiger partial charge in [0.1, 0.15) is 5.70 Å². The van der Waals surface area contributed by atoms with E-state index in [-0.39, 0.29) is 12.0 Å². The maximum absolute atomic E-state index is 12.6. The minimum absolute atomic E-state index is 0.0640. The van der Waals surface area contributed by atoms with Gasteiger partial charge in [0, 0.05) is 6.61 Å². The predicted molar refractivity (Wildman–Crippen MR) is 93.9 cm³/mol. The summed E-state index contributed by atoms with van der Waals surface area (Å²) in [6.45, 7) is 1.25. The molecule has 0 radical (unpaired) electrons. The van der Waals surface area contributed by atoms with Gasteiger partial charge < -0.3 is 19.5 Å². The lowest BCUT2D eigenvalue weighted by Gasteiger charge is -2.18. The van der Waals surface area contributed by atoms with Gasteiger partial charge in [0.15, 0.2) is 16.6 Å². The van der Waals surface area contributed by atoms with Crippen LogP contribution in [0.2, 0.25) is 0 Å². The van der Waals surface area contributed by atoms with Crippen molar-refractivity contribution in [1.29, 1.82) is 0 Å². The number of thiocarbonyl (C=S) groups is 1. The van der Waals surface area contributed by atoms with Crippen LogP contribution >= 0.6 is 12.2 Å². The zero-order valence-electron chi connectivity index (χ0n) is 13.7. The largest absolute Gasteiger partial charge is 0.493 e. The number of hydrogen-bond donors (Lipinski definition) is 1. The molecule has 1 amide bonds. The Balaban J connectivity index is 1.78. The number of nitrogens with one attached hydrogen (secondary N) is 1. The van der Waals surface area contributed by atoms with Crippen LogP contribution in [0.5, 0.6) is 11.5 Å². The van der Waals surface area contributed by atoms with Gasteiger partial charge in [-0.2, -0.15) is 0 Å². The number of methoxy groups -OCH3 is 2. The van der Waals surface area contributed by atoms with Crippen molar-refractivity contribution >= 4 is 29.3 Å². The van der Waals surface area contributed by atoms with E-state index in [0.717, 1.165) is 25.0 Å². The fourth-order valence-corrected chi connectivity index (χ4v) is 3.11. The first-order chi connectivity index (χ1) is 11.6. The number of benzene rings is 1. The van der Waals surface area contributed by atoms with Crippen molar-refractivity contribution in [1.82, 2.24) is 10.2 Å². The zero-order chi connectivity index (χ0) is 17.1. The van der Waals surface area contributed by atoms with Gasteiger partial charge in [0.25, 0.3) is 5.91 Å². The summed E-state index contributed by atoms with van der Waals surface area (Å²) in [6.07, 6.45) is 3.81. The van der Waals surface area contributed by atoms with E-state index in [1.807, 2.05) is 12.1 Å². The molecule has 0 aromatic heterocycles. The van der Waals surface area contributed by atoms with Crippen molar-refractivity contribution in [3.05, 3.63) is 29.5 Å². The van der Waals surface area contributed by atoms with Crippen LogP contribution in [0.25, 0.3) is 6.08 Å². The highest BCUT2D eigenvalue weighted by atomic mass is 32.1. The average molecular weight is 348 g/mol. The van der Waals surface area contributed by atoms with Crippen LogP contribution in [-0.2, 0) is 9.53 Å². The highest BCUT2D eigenvalue weighted by Crippen LogP contribution is 2.29. The number of ether oxygens (including phenoxy) is 3. The van der Waals surface area contributed by atoms with Crippen LogP contribution < -0.4 is 14.8 Å². The van der Waals surface area contributed by atoms with E-state index in [1.165, 1.54) is 0 Å². The summed E-state index contributed by atoms with van der Waals surface area (Å²) in [5.41, 5.74) is 1.27. The lowest BCUT2D eigenvalue weighted by Crippen LogP contribution is -2.37. The zero-order valence-corrected chi connectivity index (χ0v) is 14.5. The van der Waals surface area contributed by atoms with E-state index >= 15 is 0 Å². The van der Waals surface area contributed by atoms with Crippen molar-refractivity contribution < 1.29 is 19.0 Å². The summed E-state index contributed by atoms with van der Waals surface area (Å²) in [4.78, 5) is 14.1. The number of rotatable bonds is 5. The lowest BCUT2D eigenvalue weighted by molar-refractivity contribution is -0.123. The third-order valence-corrected chi connectivity index (χ3v) is 4.41. The average Bonchev–Trinajstić information content (AvgIpc) is 3.19. The molecule has 1 N–H and O–H groups in total. The van der Waals surface area contributed by atoms with Gasteiger partial charge >= 0.3 is 0 Å². The van der Waals surface area contributed by atoms with Gasteiger partial charge in [0.05, 0.1) is 26.9 Å². The molecule has 2 aliphatic rings. The highest BCUT2D eigenvalue weighted by molar-refractivity contribution is 7.80. The van der Waals surface area contributed by atoms with Crippen molar-refractivity contribution in [3.8, 4) is 11.5 Å². The Morgan fingerprint density at radius 1 is 1.38 bits per heavy atom. The van der Waals surface area contributed by atoms with Crippen molar-refractivity contribution in [2.24, 2.45) is 0 Å². The van der Waals surface area contributed by atoms with E-state index in [4.69, 9.17) is 26.4 Å². The Morgan fingerprint density at radius 2 is 2.17 bits per heavy atom. The molecule has 2 fully saturated rings. The smallest absolute Gasteiger partial charge is 0.276 e. The molecule has 2 aliphatic heterocycles. The van der Waals surface area contributed by atoms with Crippen molar-refractivity contribution in [2.75, 3.05) is 27.4 Å². The molecular formula is C17H20N2O4S. The minimum Gasteiger partial charge on any atom is -0.493 e. The van der Waals surface area contributed by atoms with Crippen LogP contribution in [0, 0.1) is 0 Å². The molecule has 6 nitrogen and oxygen atoms in total. The molecule has 7 heteroatoms. The SMILES string of the molecule is COc1ccc(/C=C2/NC(=S)N(CC3CCCO3)C2=O)cc1OC. The Labute approximate surface area is 146 Å². The summed E-state index contributed by atoms with van der Waals surface area (Å²) < 4.78 is 16.1. The summed E-state index contributed by atoms with van der Waals surface area (Å²) in [6, 6.07) is 5.47. The Morgan fingerprint density at radius 3 is 2.83 bits per heavy atom. The molecule has 1 atom stereocenters. The van der Waals surface area contributed by atoms with E-state index < -0.39 is 0 Å². The van der Waals surface area contributed by atoms with Gasteiger partial charge in [-0.05, 0) is 48.8 Å². The lowest BCUT2D eigenvalue weighted by atomic mass is 10.1. The van der Waals surface area contributed by atoms with Crippen molar-refractivity contribution in [3.63, 3.8) is 0 Å². The molecule has 2 heterocycles. The second-order valence-electron chi connectivity index (χ2n) is 5.65. The molecule has 0 spiro atoms. The van der Waals surface area contributed by atoms with E-state index in [9.17, 15) is 4.79 Å². The summed E-state index contributed by atoms with van der Waals surface area (Å²) >= 11 is 5.29. The van der Waals surface area contributed by atoms with Gasteiger partial charge in [-0.25, -0.2) is 0 Å². The van der Waals surface area contributed by atoms with Crippen LogP contribution in [-0.4, -0.2) is 49.4 Å². The first-order valence-corrected chi connectivity index (χ1v) is 8.21. The number of amides is 1. The normalized spacial score (nSPS) is 22.2. The molecule has 0 bridgehead atoms. The molecule has 1 unspecified atom stereocenters. The van der Waals surface area contributed by atoms with Crippen LogP contribution in [0.15, 0.2) is 23.9 Å². The second kappa shape index (κ2) is 7.19.